The number of carbonyl (C=O) groups excluding carboxylic acids is 1. The van der Waals surface area contributed by atoms with Crippen LogP contribution >= 0.6 is 0 Å². The van der Waals surface area contributed by atoms with E-state index in [0.717, 1.165) is 31.6 Å². The molecule has 0 saturated carbocycles. The standard InChI is InChI=1S/C14H22N4O2/c1-18(2)14(19)11-8-16-12(9-20-3)17-13(11)10-4-6-15-7-5-10/h8,10,15H,4-7,9H2,1-3H3. The molecular weight excluding hydrogens is 256 g/mol. The molecule has 6 heteroatoms. The molecule has 1 aliphatic heterocycles. The molecule has 0 aromatic carbocycles. The maximum absolute atomic E-state index is 12.3. The molecule has 2 rings (SSSR count). The van der Waals surface area contributed by atoms with Crippen LogP contribution in [0, 0.1) is 0 Å². The van der Waals surface area contributed by atoms with Crippen LogP contribution in [0.25, 0.3) is 0 Å². The Kier molecular flexibility index (Phi) is 5.03. The maximum Gasteiger partial charge on any atom is 0.256 e. The van der Waals surface area contributed by atoms with E-state index < -0.39 is 0 Å². The quantitative estimate of drug-likeness (QED) is 0.882. The number of aromatic nitrogens is 2. The first-order valence-corrected chi connectivity index (χ1v) is 6.90. The zero-order valence-corrected chi connectivity index (χ0v) is 12.3. The number of hydrogen-bond acceptors (Lipinski definition) is 5. The van der Waals surface area contributed by atoms with E-state index in [-0.39, 0.29) is 5.91 Å². The van der Waals surface area contributed by atoms with Gasteiger partial charge >= 0.3 is 0 Å². The average Bonchev–Trinajstić information content (AvgIpc) is 2.47. The Labute approximate surface area is 119 Å². The molecule has 1 aromatic heterocycles. The SMILES string of the molecule is COCc1ncc(C(=O)N(C)C)c(C2CCNCC2)n1. The van der Waals surface area contributed by atoms with Crippen molar-refractivity contribution in [1.82, 2.24) is 20.2 Å². The third-order valence-corrected chi connectivity index (χ3v) is 3.50. The second-order valence-corrected chi connectivity index (χ2v) is 5.24. The molecule has 0 unspecified atom stereocenters. The number of nitrogens with zero attached hydrogens (tertiary/aromatic N) is 3. The number of piperidine rings is 1. The zero-order chi connectivity index (χ0) is 14.5. The first-order valence-electron chi connectivity index (χ1n) is 6.90. The molecule has 0 bridgehead atoms. The number of amides is 1. The minimum atomic E-state index is -0.0394. The van der Waals surface area contributed by atoms with Crippen molar-refractivity contribution in [1.29, 1.82) is 0 Å². The van der Waals surface area contributed by atoms with Gasteiger partial charge in [-0.25, -0.2) is 9.97 Å². The van der Waals surface area contributed by atoms with Gasteiger partial charge in [0.1, 0.15) is 6.61 Å². The van der Waals surface area contributed by atoms with Crippen molar-refractivity contribution in [3.05, 3.63) is 23.3 Å². The molecule has 1 aliphatic rings. The molecule has 1 aromatic rings. The number of hydrogen-bond donors (Lipinski definition) is 1. The third-order valence-electron chi connectivity index (χ3n) is 3.50. The van der Waals surface area contributed by atoms with Crippen molar-refractivity contribution in [2.24, 2.45) is 0 Å². The molecule has 6 nitrogen and oxygen atoms in total. The van der Waals surface area contributed by atoms with Crippen molar-refractivity contribution in [3.63, 3.8) is 0 Å². The molecular formula is C14H22N4O2. The predicted molar refractivity (Wildman–Crippen MR) is 75.6 cm³/mol. The average molecular weight is 278 g/mol. The summed E-state index contributed by atoms with van der Waals surface area (Å²) >= 11 is 0. The van der Waals surface area contributed by atoms with E-state index in [0.29, 0.717) is 23.9 Å². The van der Waals surface area contributed by atoms with Crippen LogP contribution in [0.3, 0.4) is 0 Å². The van der Waals surface area contributed by atoms with Gasteiger partial charge < -0.3 is 15.0 Å². The Bertz CT molecular complexity index is 470. The van der Waals surface area contributed by atoms with Crippen LogP contribution in [-0.4, -0.2) is 55.1 Å². The summed E-state index contributed by atoms with van der Waals surface area (Å²) in [5.74, 6) is 0.910. The molecule has 0 atom stereocenters. The fraction of sp³-hybridized carbons (Fsp3) is 0.643. The highest BCUT2D eigenvalue weighted by Crippen LogP contribution is 2.27. The van der Waals surface area contributed by atoms with Crippen LogP contribution in [0.1, 0.15) is 40.6 Å². The highest BCUT2D eigenvalue weighted by atomic mass is 16.5. The molecule has 1 saturated heterocycles. The first kappa shape index (κ1) is 14.9. The van der Waals surface area contributed by atoms with Crippen molar-refractivity contribution in [2.75, 3.05) is 34.3 Å². The second kappa shape index (κ2) is 6.76. The molecule has 0 spiro atoms. The lowest BCUT2D eigenvalue weighted by Gasteiger charge is -2.24. The van der Waals surface area contributed by atoms with Crippen molar-refractivity contribution < 1.29 is 9.53 Å². The highest BCUT2D eigenvalue weighted by molar-refractivity contribution is 5.94. The van der Waals surface area contributed by atoms with Gasteiger partial charge in [-0.3, -0.25) is 4.79 Å². The summed E-state index contributed by atoms with van der Waals surface area (Å²) < 4.78 is 5.09. The monoisotopic (exact) mass is 278 g/mol. The lowest BCUT2D eigenvalue weighted by atomic mass is 9.91. The molecule has 1 fully saturated rings. The second-order valence-electron chi connectivity index (χ2n) is 5.24. The summed E-state index contributed by atoms with van der Waals surface area (Å²) in [4.78, 5) is 22.7. The molecule has 20 heavy (non-hydrogen) atoms. The summed E-state index contributed by atoms with van der Waals surface area (Å²) in [7, 11) is 5.11. The predicted octanol–water partition coefficient (Wildman–Crippen LogP) is 0.792. The van der Waals surface area contributed by atoms with E-state index in [1.54, 1.807) is 32.3 Å². The van der Waals surface area contributed by atoms with E-state index >= 15 is 0 Å². The Balaban J connectivity index is 2.36. The van der Waals surface area contributed by atoms with E-state index in [1.165, 1.54) is 0 Å². The normalized spacial score (nSPS) is 16.1. The minimum Gasteiger partial charge on any atom is -0.377 e. The van der Waals surface area contributed by atoms with Crippen LogP contribution in [0.4, 0.5) is 0 Å². The fourth-order valence-corrected chi connectivity index (χ4v) is 2.44. The van der Waals surface area contributed by atoms with Gasteiger partial charge in [0.2, 0.25) is 0 Å². The Morgan fingerprint density at radius 2 is 2.15 bits per heavy atom. The first-order chi connectivity index (χ1) is 9.63. The Morgan fingerprint density at radius 1 is 1.45 bits per heavy atom. The summed E-state index contributed by atoms with van der Waals surface area (Å²) in [6, 6.07) is 0. The summed E-state index contributed by atoms with van der Waals surface area (Å²) in [6.45, 7) is 2.29. The van der Waals surface area contributed by atoms with Crippen LogP contribution < -0.4 is 5.32 Å². The fourth-order valence-electron chi connectivity index (χ4n) is 2.44. The number of carbonyl (C=O) groups is 1. The van der Waals surface area contributed by atoms with Gasteiger partial charge in [-0.05, 0) is 25.9 Å². The summed E-state index contributed by atoms with van der Waals surface area (Å²) in [5.41, 5.74) is 1.48. The molecule has 110 valence electrons. The molecule has 1 amide bonds. The number of nitrogens with one attached hydrogen (secondary N) is 1. The van der Waals surface area contributed by atoms with E-state index in [9.17, 15) is 4.79 Å². The zero-order valence-electron chi connectivity index (χ0n) is 12.3. The maximum atomic E-state index is 12.3. The smallest absolute Gasteiger partial charge is 0.256 e. The van der Waals surface area contributed by atoms with Crippen LogP contribution in [-0.2, 0) is 11.3 Å². The van der Waals surface area contributed by atoms with Gasteiger partial charge in [-0.1, -0.05) is 0 Å². The van der Waals surface area contributed by atoms with Crippen molar-refractivity contribution in [2.45, 2.75) is 25.4 Å². The molecule has 2 heterocycles. The highest BCUT2D eigenvalue weighted by Gasteiger charge is 2.24. The van der Waals surface area contributed by atoms with E-state index in [1.807, 2.05) is 0 Å². The number of ether oxygens (including phenoxy) is 1. The topological polar surface area (TPSA) is 67.3 Å². The minimum absolute atomic E-state index is 0.0394. The van der Waals surface area contributed by atoms with Gasteiger partial charge in [0.05, 0.1) is 11.3 Å². The van der Waals surface area contributed by atoms with Crippen molar-refractivity contribution in [3.8, 4) is 0 Å². The summed E-state index contributed by atoms with van der Waals surface area (Å²) in [5, 5.41) is 3.33. The Morgan fingerprint density at radius 3 is 2.75 bits per heavy atom. The largest absolute Gasteiger partial charge is 0.377 e. The number of methoxy groups -OCH3 is 1. The van der Waals surface area contributed by atoms with Crippen LogP contribution in [0.15, 0.2) is 6.20 Å². The Hall–Kier alpha value is -1.53. The van der Waals surface area contributed by atoms with Gasteiger partial charge in [-0.15, -0.1) is 0 Å². The van der Waals surface area contributed by atoms with E-state index in [4.69, 9.17) is 4.74 Å². The van der Waals surface area contributed by atoms with Gasteiger partial charge in [-0.2, -0.15) is 0 Å². The van der Waals surface area contributed by atoms with Gasteiger partial charge in [0, 0.05) is 33.3 Å². The van der Waals surface area contributed by atoms with Gasteiger partial charge in [0.15, 0.2) is 5.82 Å². The molecule has 1 N–H and O–H groups in total. The van der Waals surface area contributed by atoms with E-state index in [2.05, 4.69) is 15.3 Å². The van der Waals surface area contributed by atoms with Crippen LogP contribution in [0.5, 0.6) is 0 Å². The lowest BCUT2D eigenvalue weighted by molar-refractivity contribution is 0.0824. The molecule has 0 radical (unpaired) electrons. The molecule has 0 aliphatic carbocycles. The summed E-state index contributed by atoms with van der Waals surface area (Å²) in [6.07, 6.45) is 3.63. The van der Waals surface area contributed by atoms with Crippen molar-refractivity contribution >= 4 is 5.91 Å². The van der Waals surface area contributed by atoms with Gasteiger partial charge in [0.25, 0.3) is 5.91 Å². The lowest BCUT2D eigenvalue weighted by Crippen LogP contribution is -2.30. The van der Waals surface area contributed by atoms with Crippen LogP contribution in [0.2, 0.25) is 0 Å². The number of rotatable bonds is 4. The third kappa shape index (κ3) is 3.32.